The lowest BCUT2D eigenvalue weighted by molar-refractivity contribution is 0.0621. The molecule has 0 spiro atoms. The van der Waals surface area contributed by atoms with E-state index in [0.29, 0.717) is 12.3 Å². The number of hydrogen-bond donors (Lipinski definition) is 0. The summed E-state index contributed by atoms with van der Waals surface area (Å²) in [4.78, 5) is 17.0. The van der Waals surface area contributed by atoms with Gasteiger partial charge in [-0.2, -0.15) is 0 Å². The zero-order valence-electron chi connectivity index (χ0n) is 13.8. The fraction of sp³-hybridized carbons (Fsp3) is 0.316. The van der Waals surface area contributed by atoms with Gasteiger partial charge in [0, 0.05) is 25.7 Å². The quantitative estimate of drug-likeness (QED) is 0.743. The topological polar surface area (TPSA) is 41.6 Å². The standard InChI is InChI=1S/C19H21N3O2/c1-20-11-12-21(17(13-20)15-7-3-2-4-8-15)14-22-16-9-5-6-10-18(16)24-19(22)23/h2-10,17H,11-14H2,1H3. The van der Waals surface area contributed by atoms with Crippen molar-refractivity contribution >= 4 is 11.1 Å². The molecular formula is C19H21N3O2. The normalized spacial score (nSPS) is 19.8. The monoisotopic (exact) mass is 323 g/mol. The second kappa shape index (κ2) is 6.26. The van der Waals surface area contributed by atoms with Crippen molar-refractivity contribution in [3.63, 3.8) is 0 Å². The average molecular weight is 323 g/mol. The van der Waals surface area contributed by atoms with E-state index in [1.54, 1.807) is 4.57 Å². The molecule has 0 N–H and O–H groups in total. The van der Waals surface area contributed by atoms with Gasteiger partial charge in [-0.15, -0.1) is 0 Å². The Morgan fingerprint density at radius 2 is 1.79 bits per heavy atom. The van der Waals surface area contributed by atoms with E-state index in [-0.39, 0.29) is 11.8 Å². The van der Waals surface area contributed by atoms with Crippen LogP contribution >= 0.6 is 0 Å². The summed E-state index contributed by atoms with van der Waals surface area (Å²) in [5.74, 6) is -0.290. The highest BCUT2D eigenvalue weighted by Gasteiger charge is 2.27. The van der Waals surface area contributed by atoms with Gasteiger partial charge in [-0.1, -0.05) is 42.5 Å². The van der Waals surface area contributed by atoms with Crippen LogP contribution in [0, 0.1) is 0 Å². The van der Waals surface area contributed by atoms with Gasteiger partial charge in [-0.25, -0.2) is 4.79 Å². The van der Waals surface area contributed by atoms with E-state index < -0.39 is 0 Å². The minimum absolute atomic E-state index is 0.269. The molecule has 3 aromatic rings. The highest BCUT2D eigenvalue weighted by atomic mass is 16.4. The summed E-state index contributed by atoms with van der Waals surface area (Å²) in [6.07, 6.45) is 0. The van der Waals surface area contributed by atoms with Crippen molar-refractivity contribution in [2.24, 2.45) is 0 Å². The summed E-state index contributed by atoms with van der Waals surface area (Å²) >= 11 is 0. The van der Waals surface area contributed by atoms with Gasteiger partial charge >= 0.3 is 5.76 Å². The number of fused-ring (bicyclic) bond motifs is 1. The number of benzene rings is 2. The first-order valence-corrected chi connectivity index (χ1v) is 8.28. The summed E-state index contributed by atoms with van der Waals surface area (Å²) in [5, 5.41) is 0. The highest BCUT2D eigenvalue weighted by Crippen LogP contribution is 2.26. The molecule has 124 valence electrons. The largest absolute Gasteiger partial charge is 0.421 e. The van der Waals surface area contributed by atoms with Gasteiger partial charge in [-0.05, 0) is 24.7 Å². The van der Waals surface area contributed by atoms with E-state index in [1.165, 1.54) is 5.56 Å². The molecule has 1 aliphatic rings. The van der Waals surface area contributed by atoms with Gasteiger partial charge in [0.05, 0.1) is 12.2 Å². The molecule has 0 bridgehead atoms. The summed E-state index contributed by atoms with van der Waals surface area (Å²) in [6, 6.07) is 18.4. The molecule has 0 saturated carbocycles. The first-order valence-electron chi connectivity index (χ1n) is 8.28. The van der Waals surface area contributed by atoms with Crippen LogP contribution in [-0.2, 0) is 6.67 Å². The van der Waals surface area contributed by atoms with Crippen molar-refractivity contribution in [2.75, 3.05) is 26.7 Å². The number of nitrogens with zero attached hydrogens (tertiary/aromatic N) is 3. The molecule has 1 aromatic heterocycles. The minimum atomic E-state index is -0.290. The van der Waals surface area contributed by atoms with Gasteiger partial charge in [0.1, 0.15) is 0 Å². The molecule has 2 aromatic carbocycles. The summed E-state index contributed by atoms with van der Waals surface area (Å²) in [7, 11) is 2.15. The molecule has 1 fully saturated rings. The molecule has 0 aliphatic carbocycles. The van der Waals surface area contributed by atoms with Crippen LogP contribution in [0.25, 0.3) is 11.1 Å². The third kappa shape index (κ3) is 2.77. The van der Waals surface area contributed by atoms with Crippen LogP contribution in [0.3, 0.4) is 0 Å². The summed E-state index contributed by atoms with van der Waals surface area (Å²) in [6.45, 7) is 3.41. The molecule has 5 heteroatoms. The molecule has 2 heterocycles. The Hall–Kier alpha value is -2.37. The zero-order chi connectivity index (χ0) is 16.5. The predicted molar refractivity (Wildman–Crippen MR) is 93.9 cm³/mol. The van der Waals surface area contributed by atoms with E-state index in [4.69, 9.17) is 4.42 Å². The van der Waals surface area contributed by atoms with Crippen molar-refractivity contribution in [2.45, 2.75) is 12.7 Å². The minimum Gasteiger partial charge on any atom is -0.408 e. The molecule has 0 radical (unpaired) electrons. The van der Waals surface area contributed by atoms with E-state index in [1.807, 2.05) is 30.3 Å². The maximum absolute atomic E-state index is 12.3. The summed E-state index contributed by atoms with van der Waals surface area (Å²) < 4.78 is 7.11. The third-order valence-corrected chi connectivity index (χ3v) is 4.78. The number of aromatic nitrogens is 1. The Bertz CT molecular complexity index is 884. The van der Waals surface area contributed by atoms with E-state index in [2.05, 4.69) is 41.1 Å². The Morgan fingerprint density at radius 1 is 1.04 bits per heavy atom. The highest BCUT2D eigenvalue weighted by molar-refractivity contribution is 5.72. The molecule has 1 atom stereocenters. The van der Waals surface area contributed by atoms with Gasteiger partial charge in [0.15, 0.2) is 5.58 Å². The Morgan fingerprint density at radius 3 is 2.62 bits per heavy atom. The van der Waals surface area contributed by atoms with Gasteiger partial charge in [0.2, 0.25) is 0 Å². The van der Waals surface area contributed by atoms with Crippen LogP contribution < -0.4 is 5.76 Å². The number of hydrogen-bond acceptors (Lipinski definition) is 4. The predicted octanol–water partition coefficient (Wildman–Crippen LogP) is 2.54. The molecule has 5 nitrogen and oxygen atoms in total. The molecule has 1 saturated heterocycles. The zero-order valence-corrected chi connectivity index (χ0v) is 13.8. The van der Waals surface area contributed by atoms with Crippen molar-refractivity contribution in [3.8, 4) is 0 Å². The second-order valence-corrected chi connectivity index (χ2v) is 6.41. The Balaban J connectivity index is 1.68. The average Bonchev–Trinajstić information content (AvgIpc) is 2.93. The molecule has 1 aliphatic heterocycles. The number of rotatable bonds is 3. The van der Waals surface area contributed by atoms with Crippen LogP contribution in [-0.4, -0.2) is 41.0 Å². The summed E-state index contributed by atoms with van der Waals surface area (Å²) in [5.41, 5.74) is 2.78. The smallest absolute Gasteiger partial charge is 0.408 e. The fourth-order valence-electron chi connectivity index (χ4n) is 3.45. The van der Waals surface area contributed by atoms with Crippen LogP contribution in [0.15, 0.2) is 63.8 Å². The maximum atomic E-state index is 12.3. The van der Waals surface area contributed by atoms with Crippen molar-refractivity contribution < 1.29 is 4.42 Å². The second-order valence-electron chi connectivity index (χ2n) is 6.41. The molecule has 0 amide bonds. The number of oxazole rings is 1. The van der Waals surface area contributed by atoms with Gasteiger partial charge in [-0.3, -0.25) is 9.47 Å². The maximum Gasteiger partial charge on any atom is 0.421 e. The number of likely N-dealkylation sites (N-methyl/N-ethyl adjacent to an activating group) is 1. The van der Waals surface area contributed by atoms with Crippen molar-refractivity contribution in [1.29, 1.82) is 0 Å². The van der Waals surface area contributed by atoms with Crippen LogP contribution in [0.4, 0.5) is 0 Å². The molecule has 24 heavy (non-hydrogen) atoms. The van der Waals surface area contributed by atoms with E-state index >= 15 is 0 Å². The lowest BCUT2D eigenvalue weighted by atomic mass is 10.0. The van der Waals surface area contributed by atoms with Gasteiger partial charge < -0.3 is 9.32 Å². The lowest BCUT2D eigenvalue weighted by Crippen LogP contribution is -2.47. The van der Waals surface area contributed by atoms with E-state index in [9.17, 15) is 4.79 Å². The van der Waals surface area contributed by atoms with Crippen LogP contribution in [0.1, 0.15) is 11.6 Å². The van der Waals surface area contributed by atoms with Crippen LogP contribution in [0.2, 0.25) is 0 Å². The first kappa shape index (κ1) is 15.2. The van der Waals surface area contributed by atoms with Crippen LogP contribution in [0.5, 0.6) is 0 Å². The Labute approximate surface area is 140 Å². The molecule has 4 rings (SSSR count). The lowest BCUT2D eigenvalue weighted by Gasteiger charge is -2.40. The fourth-order valence-corrected chi connectivity index (χ4v) is 3.45. The molecule has 1 unspecified atom stereocenters. The Kier molecular flexibility index (Phi) is 3.96. The van der Waals surface area contributed by atoms with Gasteiger partial charge in [0.25, 0.3) is 0 Å². The van der Waals surface area contributed by atoms with E-state index in [0.717, 1.165) is 25.2 Å². The van der Waals surface area contributed by atoms with Crippen molar-refractivity contribution in [1.82, 2.24) is 14.4 Å². The third-order valence-electron chi connectivity index (χ3n) is 4.78. The number of para-hydroxylation sites is 2. The molecular weight excluding hydrogens is 302 g/mol. The number of piperazine rings is 1. The van der Waals surface area contributed by atoms with Crippen molar-refractivity contribution in [3.05, 3.63) is 70.7 Å². The SMILES string of the molecule is CN1CCN(Cn2c(=O)oc3ccccc32)C(c2ccccc2)C1. The first-order chi connectivity index (χ1) is 11.7.